The van der Waals surface area contributed by atoms with Crippen molar-refractivity contribution in [2.45, 2.75) is 63.2 Å². The number of sulfonamides is 1. The van der Waals surface area contributed by atoms with Crippen molar-refractivity contribution < 1.29 is 13.5 Å². The number of rotatable bonds is 6. The Morgan fingerprint density at radius 2 is 1.94 bits per heavy atom. The molecule has 0 heterocycles. The SMILES string of the molecule is CC(O)CCCNS(=O)(=O)C1CCCCC1. The molecule has 1 aliphatic carbocycles. The third-order valence-corrected chi connectivity index (χ3v) is 5.05. The zero-order valence-electron chi connectivity index (χ0n) is 9.98. The van der Waals surface area contributed by atoms with Crippen molar-refractivity contribution in [3.8, 4) is 0 Å². The molecular weight excluding hydrogens is 226 g/mol. The lowest BCUT2D eigenvalue weighted by Crippen LogP contribution is -2.36. The van der Waals surface area contributed by atoms with E-state index in [4.69, 9.17) is 5.11 Å². The van der Waals surface area contributed by atoms with Gasteiger partial charge in [-0.2, -0.15) is 0 Å². The molecule has 1 rings (SSSR count). The van der Waals surface area contributed by atoms with Crippen molar-refractivity contribution in [1.29, 1.82) is 0 Å². The molecule has 0 saturated heterocycles. The maximum absolute atomic E-state index is 11.9. The van der Waals surface area contributed by atoms with Gasteiger partial charge in [-0.15, -0.1) is 0 Å². The highest BCUT2D eigenvalue weighted by Crippen LogP contribution is 2.22. The van der Waals surface area contributed by atoms with E-state index in [1.165, 1.54) is 0 Å². The van der Waals surface area contributed by atoms with Crippen molar-refractivity contribution in [3.05, 3.63) is 0 Å². The summed E-state index contributed by atoms with van der Waals surface area (Å²) in [7, 11) is -3.11. The molecule has 0 radical (unpaired) electrons. The van der Waals surface area contributed by atoms with Crippen LogP contribution in [0.1, 0.15) is 51.9 Å². The quantitative estimate of drug-likeness (QED) is 0.699. The van der Waals surface area contributed by atoms with Crippen LogP contribution in [0.25, 0.3) is 0 Å². The molecular formula is C11H23NO3S. The van der Waals surface area contributed by atoms with Gasteiger partial charge in [0.1, 0.15) is 0 Å². The highest BCUT2D eigenvalue weighted by molar-refractivity contribution is 7.90. The molecule has 1 fully saturated rings. The van der Waals surface area contributed by atoms with E-state index >= 15 is 0 Å². The predicted molar refractivity (Wildman–Crippen MR) is 64.7 cm³/mol. The largest absolute Gasteiger partial charge is 0.393 e. The van der Waals surface area contributed by atoms with E-state index in [0.29, 0.717) is 19.4 Å². The Kier molecular flexibility index (Phi) is 5.72. The Morgan fingerprint density at radius 3 is 2.50 bits per heavy atom. The minimum absolute atomic E-state index is 0.187. The normalized spacial score (nSPS) is 20.9. The second kappa shape index (κ2) is 6.57. The summed E-state index contributed by atoms with van der Waals surface area (Å²) in [4.78, 5) is 0. The number of aliphatic hydroxyl groups excluding tert-OH is 1. The van der Waals surface area contributed by atoms with Gasteiger partial charge in [-0.25, -0.2) is 13.1 Å². The van der Waals surface area contributed by atoms with Crippen LogP contribution in [0.2, 0.25) is 0 Å². The Balaban J connectivity index is 2.27. The van der Waals surface area contributed by atoms with Gasteiger partial charge in [-0.1, -0.05) is 19.3 Å². The Labute approximate surface area is 98.5 Å². The third kappa shape index (κ3) is 4.80. The highest BCUT2D eigenvalue weighted by atomic mass is 32.2. The average molecular weight is 249 g/mol. The molecule has 2 N–H and O–H groups in total. The summed E-state index contributed by atoms with van der Waals surface area (Å²) in [6.45, 7) is 2.17. The topological polar surface area (TPSA) is 66.4 Å². The van der Waals surface area contributed by atoms with Gasteiger partial charge in [-0.3, -0.25) is 0 Å². The van der Waals surface area contributed by atoms with E-state index in [1.807, 2.05) is 0 Å². The molecule has 1 saturated carbocycles. The summed E-state index contributed by atoms with van der Waals surface area (Å²) in [6, 6.07) is 0. The fourth-order valence-corrected chi connectivity index (χ4v) is 3.72. The van der Waals surface area contributed by atoms with Crippen LogP contribution >= 0.6 is 0 Å². The Hall–Kier alpha value is -0.130. The van der Waals surface area contributed by atoms with Crippen LogP contribution in [-0.4, -0.2) is 31.4 Å². The van der Waals surface area contributed by atoms with E-state index in [0.717, 1.165) is 32.1 Å². The van der Waals surface area contributed by atoms with Crippen molar-refractivity contribution in [2.75, 3.05) is 6.54 Å². The van der Waals surface area contributed by atoms with Crippen LogP contribution < -0.4 is 4.72 Å². The lowest BCUT2D eigenvalue weighted by atomic mass is 10.0. The molecule has 0 aromatic rings. The summed E-state index contributed by atoms with van der Waals surface area (Å²) in [6.07, 6.45) is 5.81. The minimum atomic E-state index is -3.11. The van der Waals surface area contributed by atoms with Crippen molar-refractivity contribution >= 4 is 10.0 Å². The molecule has 5 heteroatoms. The van der Waals surface area contributed by atoms with E-state index in [-0.39, 0.29) is 11.4 Å². The number of aliphatic hydroxyl groups is 1. The maximum Gasteiger partial charge on any atom is 0.214 e. The van der Waals surface area contributed by atoms with E-state index in [1.54, 1.807) is 6.92 Å². The second-order valence-corrected chi connectivity index (χ2v) is 6.74. The van der Waals surface area contributed by atoms with Crippen LogP contribution in [0.3, 0.4) is 0 Å². The first-order valence-electron chi connectivity index (χ1n) is 6.19. The van der Waals surface area contributed by atoms with Crippen molar-refractivity contribution in [3.63, 3.8) is 0 Å². The third-order valence-electron chi connectivity index (χ3n) is 3.09. The summed E-state index contributed by atoms with van der Waals surface area (Å²) >= 11 is 0. The first-order valence-corrected chi connectivity index (χ1v) is 7.73. The lowest BCUT2D eigenvalue weighted by Gasteiger charge is -2.22. The smallest absolute Gasteiger partial charge is 0.214 e. The standard InChI is InChI=1S/C11H23NO3S/c1-10(13)6-5-9-12-16(14,15)11-7-3-2-4-8-11/h10-13H,2-9H2,1H3. The van der Waals surface area contributed by atoms with Crippen LogP contribution in [0.5, 0.6) is 0 Å². The van der Waals surface area contributed by atoms with Gasteiger partial charge >= 0.3 is 0 Å². The molecule has 4 nitrogen and oxygen atoms in total. The molecule has 16 heavy (non-hydrogen) atoms. The van der Waals surface area contributed by atoms with Gasteiger partial charge < -0.3 is 5.11 Å². The molecule has 1 aliphatic rings. The second-order valence-electron chi connectivity index (χ2n) is 4.69. The molecule has 0 bridgehead atoms. The zero-order chi connectivity index (χ0) is 12.0. The number of hydrogen-bond donors (Lipinski definition) is 2. The van der Waals surface area contributed by atoms with Gasteiger partial charge in [-0.05, 0) is 32.6 Å². The van der Waals surface area contributed by atoms with Gasteiger partial charge in [0, 0.05) is 6.54 Å². The monoisotopic (exact) mass is 249 g/mol. The number of hydrogen-bond acceptors (Lipinski definition) is 3. The predicted octanol–water partition coefficient (Wildman–Crippen LogP) is 1.40. The van der Waals surface area contributed by atoms with Crippen LogP contribution in [0, 0.1) is 0 Å². The summed E-state index contributed by atoms with van der Waals surface area (Å²) in [5.41, 5.74) is 0. The van der Waals surface area contributed by atoms with Crippen molar-refractivity contribution in [2.24, 2.45) is 0 Å². The molecule has 0 aliphatic heterocycles. The fourth-order valence-electron chi connectivity index (χ4n) is 2.11. The summed E-state index contributed by atoms with van der Waals surface area (Å²) in [5.74, 6) is 0. The zero-order valence-corrected chi connectivity index (χ0v) is 10.8. The molecule has 0 aromatic heterocycles. The van der Waals surface area contributed by atoms with E-state index < -0.39 is 10.0 Å². The first-order chi connectivity index (χ1) is 7.52. The van der Waals surface area contributed by atoms with Gasteiger partial charge in [0.2, 0.25) is 10.0 Å². The minimum Gasteiger partial charge on any atom is -0.393 e. The van der Waals surface area contributed by atoms with Crippen LogP contribution in [0.15, 0.2) is 0 Å². The molecule has 1 atom stereocenters. The van der Waals surface area contributed by atoms with E-state index in [2.05, 4.69) is 4.72 Å². The molecule has 0 aromatic carbocycles. The van der Waals surface area contributed by atoms with Gasteiger partial charge in [0.25, 0.3) is 0 Å². The average Bonchev–Trinajstić information content (AvgIpc) is 2.26. The fraction of sp³-hybridized carbons (Fsp3) is 1.00. The summed E-state index contributed by atoms with van der Waals surface area (Å²) < 4.78 is 26.4. The Morgan fingerprint density at radius 1 is 1.31 bits per heavy atom. The molecule has 0 amide bonds. The van der Waals surface area contributed by atoms with Crippen molar-refractivity contribution in [1.82, 2.24) is 4.72 Å². The highest BCUT2D eigenvalue weighted by Gasteiger charge is 2.26. The van der Waals surface area contributed by atoms with E-state index in [9.17, 15) is 8.42 Å². The van der Waals surface area contributed by atoms with Crippen LogP contribution in [0.4, 0.5) is 0 Å². The lowest BCUT2D eigenvalue weighted by molar-refractivity contribution is 0.182. The Bertz CT molecular complexity index is 282. The number of nitrogens with one attached hydrogen (secondary N) is 1. The molecule has 0 spiro atoms. The molecule has 96 valence electrons. The summed E-state index contributed by atoms with van der Waals surface area (Å²) in [5, 5.41) is 8.87. The van der Waals surface area contributed by atoms with Gasteiger partial charge in [0.15, 0.2) is 0 Å². The maximum atomic E-state index is 11.9. The first kappa shape index (κ1) is 13.9. The van der Waals surface area contributed by atoms with Crippen LogP contribution in [-0.2, 0) is 10.0 Å². The molecule has 1 unspecified atom stereocenters. The van der Waals surface area contributed by atoms with Gasteiger partial charge in [0.05, 0.1) is 11.4 Å².